The molecule has 3 aliphatic rings. The zero-order chi connectivity index (χ0) is 21.8. The predicted molar refractivity (Wildman–Crippen MR) is 129 cm³/mol. The molecule has 5 heteroatoms. The minimum absolute atomic E-state index is 0.398. The SMILES string of the molecule is O=C(CC1CCCCC1)N1CCC(c2ccc([N+]3(c4cccnn4)CCCC3)cc2)CC1. The monoisotopic (exact) mass is 433 g/mol. The van der Waals surface area contributed by atoms with E-state index in [1.807, 2.05) is 6.07 Å². The van der Waals surface area contributed by atoms with Crippen LogP contribution < -0.4 is 4.48 Å². The van der Waals surface area contributed by atoms with Gasteiger partial charge in [-0.2, -0.15) is 5.10 Å². The summed E-state index contributed by atoms with van der Waals surface area (Å²) in [6.07, 6.45) is 13.6. The molecule has 0 radical (unpaired) electrons. The lowest BCUT2D eigenvalue weighted by Crippen LogP contribution is -2.41. The zero-order valence-corrected chi connectivity index (χ0v) is 19.3. The number of carbonyl (C=O) groups is 1. The number of nitrogens with zero attached hydrogens (tertiary/aromatic N) is 4. The van der Waals surface area contributed by atoms with Crippen LogP contribution in [0.1, 0.15) is 75.7 Å². The summed E-state index contributed by atoms with van der Waals surface area (Å²) in [5.74, 6) is 2.65. The van der Waals surface area contributed by atoms with Crippen LogP contribution in [0.15, 0.2) is 42.6 Å². The van der Waals surface area contributed by atoms with Gasteiger partial charge in [0.25, 0.3) is 5.82 Å². The minimum Gasteiger partial charge on any atom is -0.343 e. The molecule has 2 aliphatic heterocycles. The Balaban J connectivity index is 1.21. The van der Waals surface area contributed by atoms with E-state index < -0.39 is 0 Å². The molecule has 0 atom stereocenters. The normalized spacial score (nSPS) is 22.2. The average molecular weight is 434 g/mol. The first-order chi connectivity index (χ1) is 15.7. The van der Waals surface area contributed by atoms with E-state index in [0.29, 0.717) is 17.7 Å². The van der Waals surface area contributed by atoms with Gasteiger partial charge in [-0.05, 0) is 61.3 Å². The molecule has 2 aromatic rings. The maximum Gasteiger partial charge on any atom is 0.252 e. The number of hydrogen-bond donors (Lipinski definition) is 0. The Bertz CT molecular complexity index is 878. The second-order valence-electron chi connectivity index (χ2n) is 10.2. The fourth-order valence-electron chi connectivity index (χ4n) is 6.28. The number of hydrogen-bond acceptors (Lipinski definition) is 3. The van der Waals surface area contributed by atoms with Gasteiger partial charge < -0.3 is 4.90 Å². The van der Waals surface area contributed by atoms with Gasteiger partial charge in [-0.1, -0.05) is 36.5 Å². The van der Waals surface area contributed by atoms with E-state index in [0.717, 1.165) is 55.7 Å². The van der Waals surface area contributed by atoms with Crippen molar-refractivity contribution in [3.63, 3.8) is 0 Å². The second-order valence-corrected chi connectivity index (χ2v) is 10.2. The highest BCUT2D eigenvalue weighted by molar-refractivity contribution is 5.76. The van der Waals surface area contributed by atoms with Gasteiger partial charge >= 0.3 is 0 Å². The number of aromatic nitrogens is 2. The molecule has 1 aromatic carbocycles. The molecule has 1 saturated carbocycles. The summed E-state index contributed by atoms with van der Waals surface area (Å²) in [5.41, 5.74) is 2.75. The molecule has 2 saturated heterocycles. The van der Waals surface area contributed by atoms with Crippen LogP contribution in [0.4, 0.5) is 11.5 Å². The van der Waals surface area contributed by atoms with Gasteiger partial charge in [0.05, 0.1) is 19.3 Å². The summed E-state index contributed by atoms with van der Waals surface area (Å²) in [6, 6.07) is 13.4. The number of carbonyl (C=O) groups excluding carboxylic acids is 1. The van der Waals surface area contributed by atoms with Crippen molar-refractivity contribution in [2.24, 2.45) is 5.92 Å². The third kappa shape index (κ3) is 4.45. The molecular formula is C27H37N4O+. The number of benzene rings is 1. The van der Waals surface area contributed by atoms with Gasteiger partial charge in [0.1, 0.15) is 5.69 Å². The molecule has 3 heterocycles. The van der Waals surface area contributed by atoms with Crippen molar-refractivity contribution < 1.29 is 4.79 Å². The van der Waals surface area contributed by atoms with Crippen molar-refractivity contribution in [1.29, 1.82) is 0 Å². The van der Waals surface area contributed by atoms with Crippen molar-refractivity contribution in [2.45, 2.75) is 70.1 Å². The van der Waals surface area contributed by atoms with Gasteiger partial charge in [0, 0.05) is 38.4 Å². The molecule has 0 N–H and O–H groups in total. The molecule has 1 amide bonds. The van der Waals surface area contributed by atoms with Crippen LogP contribution in [0.5, 0.6) is 0 Å². The Labute approximate surface area is 192 Å². The summed E-state index contributed by atoms with van der Waals surface area (Å²) < 4.78 is 0.822. The Morgan fingerprint density at radius 1 is 0.906 bits per heavy atom. The number of quaternary nitrogens is 1. The van der Waals surface area contributed by atoms with Gasteiger partial charge in [0.15, 0.2) is 0 Å². The van der Waals surface area contributed by atoms with Crippen LogP contribution in [0.25, 0.3) is 0 Å². The van der Waals surface area contributed by atoms with E-state index >= 15 is 0 Å². The first-order valence-electron chi connectivity index (χ1n) is 12.8. The smallest absolute Gasteiger partial charge is 0.252 e. The number of rotatable bonds is 5. The van der Waals surface area contributed by atoms with Crippen molar-refractivity contribution in [3.8, 4) is 0 Å². The molecular weight excluding hydrogens is 396 g/mol. The van der Waals surface area contributed by atoms with Crippen LogP contribution >= 0.6 is 0 Å². The molecule has 1 aromatic heterocycles. The van der Waals surface area contributed by atoms with E-state index in [1.165, 1.54) is 56.2 Å². The highest BCUT2D eigenvalue weighted by atomic mass is 16.2. The quantitative estimate of drug-likeness (QED) is 0.578. The van der Waals surface area contributed by atoms with Gasteiger partial charge in [-0.25, -0.2) is 4.48 Å². The van der Waals surface area contributed by atoms with E-state index in [1.54, 1.807) is 6.20 Å². The minimum atomic E-state index is 0.398. The summed E-state index contributed by atoms with van der Waals surface area (Å²) in [7, 11) is 0. The standard InChI is InChI=1S/C27H37N4O/c32-27(21-22-7-2-1-3-8-22)30-17-14-24(15-18-30)23-10-12-25(13-11-23)31(19-4-5-20-31)26-9-6-16-28-29-26/h6,9-13,16,22,24H,1-5,7-8,14-15,17-21H2/q+1. The lowest BCUT2D eigenvalue weighted by Gasteiger charge is -2.34. The molecule has 5 nitrogen and oxygen atoms in total. The summed E-state index contributed by atoms with van der Waals surface area (Å²) in [5, 5.41) is 8.62. The summed E-state index contributed by atoms with van der Waals surface area (Å²) in [6.45, 7) is 4.02. The fourth-order valence-corrected chi connectivity index (χ4v) is 6.28. The average Bonchev–Trinajstić information content (AvgIpc) is 3.37. The first kappa shape index (κ1) is 21.6. The molecule has 0 unspecified atom stereocenters. The van der Waals surface area contributed by atoms with Crippen molar-refractivity contribution in [1.82, 2.24) is 19.6 Å². The van der Waals surface area contributed by atoms with Gasteiger partial charge in [0.2, 0.25) is 5.91 Å². The van der Waals surface area contributed by atoms with E-state index in [9.17, 15) is 4.79 Å². The predicted octanol–water partition coefficient (Wildman–Crippen LogP) is 5.59. The fraction of sp³-hybridized carbons (Fsp3) is 0.593. The Kier molecular flexibility index (Phi) is 6.54. The molecule has 170 valence electrons. The molecule has 32 heavy (non-hydrogen) atoms. The van der Waals surface area contributed by atoms with Gasteiger partial charge in [-0.15, -0.1) is 0 Å². The Morgan fingerprint density at radius 3 is 2.28 bits per heavy atom. The highest BCUT2D eigenvalue weighted by Crippen LogP contribution is 2.39. The van der Waals surface area contributed by atoms with Crippen LogP contribution in [0.2, 0.25) is 0 Å². The molecule has 3 fully saturated rings. The first-order valence-corrected chi connectivity index (χ1v) is 12.8. The number of likely N-dealkylation sites (tertiary alicyclic amines) is 1. The molecule has 5 rings (SSSR count). The third-order valence-electron chi connectivity index (χ3n) is 8.22. The largest absolute Gasteiger partial charge is 0.343 e. The number of amides is 1. The van der Waals surface area contributed by atoms with Crippen molar-refractivity contribution >= 4 is 17.4 Å². The zero-order valence-electron chi connectivity index (χ0n) is 19.3. The van der Waals surface area contributed by atoms with E-state index in [2.05, 4.69) is 45.4 Å². The van der Waals surface area contributed by atoms with Crippen LogP contribution in [0, 0.1) is 5.92 Å². The van der Waals surface area contributed by atoms with Crippen LogP contribution in [0.3, 0.4) is 0 Å². The highest BCUT2D eigenvalue weighted by Gasteiger charge is 2.38. The van der Waals surface area contributed by atoms with Crippen molar-refractivity contribution in [3.05, 3.63) is 48.2 Å². The van der Waals surface area contributed by atoms with Crippen LogP contribution in [-0.2, 0) is 4.79 Å². The molecule has 0 bridgehead atoms. The lowest BCUT2D eigenvalue weighted by molar-refractivity contribution is -0.133. The summed E-state index contributed by atoms with van der Waals surface area (Å²) in [4.78, 5) is 14.9. The Hall–Kier alpha value is -2.27. The molecule has 0 spiro atoms. The Morgan fingerprint density at radius 2 is 1.62 bits per heavy atom. The third-order valence-corrected chi connectivity index (χ3v) is 8.22. The van der Waals surface area contributed by atoms with E-state index in [4.69, 9.17) is 0 Å². The lowest BCUT2D eigenvalue weighted by atomic mass is 9.85. The molecule has 1 aliphatic carbocycles. The van der Waals surface area contributed by atoms with Crippen molar-refractivity contribution in [2.75, 3.05) is 26.2 Å². The maximum absolute atomic E-state index is 12.8. The summed E-state index contributed by atoms with van der Waals surface area (Å²) >= 11 is 0. The van der Waals surface area contributed by atoms with E-state index in [-0.39, 0.29) is 0 Å². The van der Waals surface area contributed by atoms with Gasteiger partial charge in [-0.3, -0.25) is 4.79 Å². The number of piperidine rings is 1. The second kappa shape index (κ2) is 9.70. The maximum atomic E-state index is 12.8. The topological polar surface area (TPSA) is 46.1 Å². The van der Waals surface area contributed by atoms with Crippen LogP contribution in [-0.4, -0.2) is 47.2 Å².